The van der Waals surface area contributed by atoms with Gasteiger partial charge in [-0.1, -0.05) is 48.2 Å². The van der Waals surface area contributed by atoms with E-state index in [0.29, 0.717) is 17.8 Å². The van der Waals surface area contributed by atoms with Crippen LogP contribution in [-0.2, 0) is 10.0 Å². The molecule has 0 aromatic heterocycles. The second kappa shape index (κ2) is 9.20. The molecule has 1 aliphatic carbocycles. The van der Waals surface area contributed by atoms with Gasteiger partial charge in [0.25, 0.3) is 5.91 Å². The Morgan fingerprint density at radius 3 is 2.39 bits per heavy atom. The van der Waals surface area contributed by atoms with Crippen LogP contribution < -0.4 is 5.32 Å². The zero-order valence-corrected chi connectivity index (χ0v) is 18.3. The molecule has 0 radical (unpaired) electrons. The Balaban J connectivity index is 1.75. The highest BCUT2D eigenvalue weighted by molar-refractivity contribution is 9.10. The van der Waals surface area contributed by atoms with Crippen molar-refractivity contribution >= 4 is 37.5 Å². The maximum absolute atomic E-state index is 13.1. The second-order valence-corrected chi connectivity index (χ2v) is 9.80. The summed E-state index contributed by atoms with van der Waals surface area (Å²) in [6.45, 7) is 2.34. The Hall–Kier alpha value is -1.70. The van der Waals surface area contributed by atoms with Gasteiger partial charge in [0.1, 0.15) is 0 Å². The second-order valence-electron chi connectivity index (χ2n) is 6.99. The first kappa shape index (κ1) is 21.0. The van der Waals surface area contributed by atoms with E-state index in [1.165, 1.54) is 18.6 Å². The molecule has 5 nitrogen and oxygen atoms in total. The summed E-state index contributed by atoms with van der Waals surface area (Å²) in [5.41, 5.74) is 1.09. The van der Waals surface area contributed by atoms with E-state index < -0.39 is 10.0 Å². The molecule has 150 valence electrons. The maximum atomic E-state index is 13.1. The minimum absolute atomic E-state index is 0.0725. The molecule has 2 aromatic rings. The van der Waals surface area contributed by atoms with Gasteiger partial charge in [-0.05, 0) is 55.3 Å². The highest BCUT2D eigenvalue weighted by Crippen LogP contribution is 2.28. The van der Waals surface area contributed by atoms with Crippen LogP contribution in [0.2, 0.25) is 0 Å². The van der Waals surface area contributed by atoms with Crippen molar-refractivity contribution in [3.8, 4) is 0 Å². The Kier molecular flexibility index (Phi) is 6.91. The van der Waals surface area contributed by atoms with Crippen molar-refractivity contribution in [3.63, 3.8) is 0 Å². The van der Waals surface area contributed by atoms with E-state index in [2.05, 4.69) is 21.2 Å². The largest absolute Gasteiger partial charge is 0.322 e. The number of nitrogens with one attached hydrogen (secondary N) is 1. The Morgan fingerprint density at radius 2 is 1.79 bits per heavy atom. The van der Waals surface area contributed by atoms with E-state index in [4.69, 9.17) is 0 Å². The number of carbonyl (C=O) groups excluding carboxylic acids is 1. The van der Waals surface area contributed by atoms with E-state index in [1.807, 2.05) is 19.1 Å². The topological polar surface area (TPSA) is 66.5 Å². The fraction of sp³-hybridized carbons (Fsp3) is 0.381. The standard InChI is InChI=1S/C21H25BrN2O3S/c1-2-24(19-9-4-3-5-10-19)28(26,27)20-13-11-16(12-14-20)21(25)23-18-8-6-7-17(22)15-18/h6-8,11-15,19H,2-5,9-10H2,1H3,(H,23,25). The fourth-order valence-electron chi connectivity index (χ4n) is 3.68. The quantitative estimate of drug-likeness (QED) is 0.650. The van der Waals surface area contributed by atoms with Gasteiger partial charge >= 0.3 is 0 Å². The third kappa shape index (κ3) is 4.82. The Labute approximate surface area is 175 Å². The molecule has 0 aliphatic heterocycles. The first-order valence-electron chi connectivity index (χ1n) is 9.60. The van der Waals surface area contributed by atoms with Crippen LogP contribution in [0.15, 0.2) is 57.9 Å². The number of hydrogen-bond donors (Lipinski definition) is 1. The zero-order chi connectivity index (χ0) is 20.1. The maximum Gasteiger partial charge on any atom is 0.255 e. The van der Waals surface area contributed by atoms with Gasteiger partial charge in [0.05, 0.1) is 4.90 Å². The molecular weight excluding hydrogens is 440 g/mol. The lowest BCUT2D eigenvalue weighted by atomic mass is 9.95. The monoisotopic (exact) mass is 464 g/mol. The van der Waals surface area contributed by atoms with Crippen LogP contribution in [0.5, 0.6) is 0 Å². The summed E-state index contributed by atoms with van der Waals surface area (Å²) >= 11 is 3.37. The summed E-state index contributed by atoms with van der Waals surface area (Å²) < 4.78 is 28.7. The number of sulfonamides is 1. The molecule has 0 spiro atoms. The van der Waals surface area contributed by atoms with E-state index in [9.17, 15) is 13.2 Å². The van der Waals surface area contributed by atoms with Crippen LogP contribution in [0.4, 0.5) is 5.69 Å². The summed E-state index contributed by atoms with van der Waals surface area (Å²) in [6, 6.07) is 13.6. The first-order chi connectivity index (χ1) is 13.4. The highest BCUT2D eigenvalue weighted by atomic mass is 79.9. The summed E-state index contributed by atoms with van der Waals surface area (Å²) in [5.74, 6) is -0.276. The number of benzene rings is 2. The van der Waals surface area contributed by atoms with Crippen LogP contribution >= 0.6 is 15.9 Å². The number of amides is 1. The third-order valence-corrected chi connectivity index (χ3v) is 7.63. The lowest BCUT2D eigenvalue weighted by Gasteiger charge is -2.32. The summed E-state index contributed by atoms with van der Waals surface area (Å²) in [6.07, 6.45) is 5.16. The SMILES string of the molecule is CCN(C1CCCCC1)S(=O)(=O)c1ccc(C(=O)Nc2cccc(Br)c2)cc1. The minimum Gasteiger partial charge on any atom is -0.322 e. The van der Waals surface area contributed by atoms with Crippen LogP contribution in [-0.4, -0.2) is 31.2 Å². The molecule has 28 heavy (non-hydrogen) atoms. The number of anilines is 1. The predicted molar refractivity (Wildman–Crippen MR) is 115 cm³/mol. The van der Waals surface area contributed by atoms with Gasteiger partial charge < -0.3 is 5.32 Å². The van der Waals surface area contributed by atoms with Gasteiger partial charge in [0.15, 0.2) is 0 Å². The molecule has 7 heteroatoms. The number of carbonyl (C=O) groups is 1. The van der Waals surface area contributed by atoms with Gasteiger partial charge in [-0.25, -0.2) is 8.42 Å². The smallest absolute Gasteiger partial charge is 0.255 e. The molecule has 0 heterocycles. The summed E-state index contributed by atoms with van der Waals surface area (Å²) in [5, 5.41) is 2.81. The van der Waals surface area contributed by atoms with Crippen molar-refractivity contribution in [1.29, 1.82) is 0 Å². The summed E-state index contributed by atoms with van der Waals surface area (Å²) in [4.78, 5) is 12.7. The van der Waals surface area contributed by atoms with Crippen molar-refractivity contribution in [2.45, 2.75) is 50.0 Å². The molecule has 1 N–H and O–H groups in total. The molecule has 0 bridgehead atoms. The lowest BCUT2D eigenvalue weighted by molar-refractivity contribution is 0.102. The van der Waals surface area contributed by atoms with E-state index in [0.717, 1.165) is 30.2 Å². The normalized spacial score (nSPS) is 15.5. The molecule has 1 fully saturated rings. The molecule has 3 rings (SSSR count). The Morgan fingerprint density at radius 1 is 1.11 bits per heavy atom. The number of rotatable bonds is 6. The number of hydrogen-bond acceptors (Lipinski definition) is 3. The van der Waals surface area contributed by atoms with Crippen LogP contribution in [0.25, 0.3) is 0 Å². The van der Waals surface area contributed by atoms with Gasteiger partial charge in [0, 0.05) is 28.3 Å². The predicted octanol–water partition coefficient (Wildman–Crippen LogP) is 5.04. The molecule has 0 saturated heterocycles. The first-order valence-corrected chi connectivity index (χ1v) is 11.8. The van der Waals surface area contributed by atoms with Crippen molar-refractivity contribution in [2.75, 3.05) is 11.9 Å². The van der Waals surface area contributed by atoms with Gasteiger partial charge in [0.2, 0.25) is 10.0 Å². The van der Waals surface area contributed by atoms with Crippen LogP contribution in [0.3, 0.4) is 0 Å². The third-order valence-electron chi connectivity index (χ3n) is 5.10. The fourth-order valence-corrected chi connectivity index (χ4v) is 5.77. The summed E-state index contributed by atoms with van der Waals surface area (Å²) in [7, 11) is -3.56. The number of halogens is 1. The molecule has 2 aromatic carbocycles. The van der Waals surface area contributed by atoms with Crippen LogP contribution in [0, 0.1) is 0 Å². The molecule has 0 unspecified atom stereocenters. The minimum atomic E-state index is -3.56. The molecule has 0 atom stereocenters. The highest BCUT2D eigenvalue weighted by Gasteiger charge is 2.31. The Bertz CT molecular complexity index is 923. The van der Waals surface area contributed by atoms with Crippen molar-refractivity contribution < 1.29 is 13.2 Å². The average molecular weight is 465 g/mol. The van der Waals surface area contributed by atoms with E-state index in [1.54, 1.807) is 28.6 Å². The molecular formula is C21H25BrN2O3S. The van der Waals surface area contributed by atoms with Gasteiger partial charge in [-0.3, -0.25) is 4.79 Å². The van der Waals surface area contributed by atoms with Gasteiger partial charge in [-0.15, -0.1) is 0 Å². The van der Waals surface area contributed by atoms with Crippen LogP contribution in [0.1, 0.15) is 49.4 Å². The molecule has 1 amide bonds. The van der Waals surface area contributed by atoms with E-state index in [-0.39, 0.29) is 16.8 Å². The molecule has 1 aliphatic rings. The van der Waals surface area contributed by atoms with Crippen molar-refractivity contribution in [2.24, 2.45) is 0 Å². The lowest BCUT2D eigenvalue weighted by Crippen LogP contribution is -2.41. The molecule has 1 saturated carbocycles. The van der Waals surface area contributed by atoms with E-state index >= 15 is 0 Å². The zero-order valence-electron chi connectivity index (χ0n) is 15.9. The average Bonchev–Trinajstić information content (AvgIpc) is 2.69. The van der Waals surface area contributed by atoms with Gasteiger partial charge in [-0.2, -0.15) is 4.31 Å². The number of nitrogens with zero attached hydrogens (tertiary/aromatic N) is 1. The van der Waals surface area contributed by atoms with Crippen molar-refractivity contribution in [1.82, 2.24) is 4.31 Å². The van der Waals surface area contributed by atoms with Crippen molar-refractivity contribution in [3.05, 3.63) is 58.6 Å².